The van der Waals surface area contributed by atoms with E-state index < -0.39 is 6.23 Å². The lowest BCUT2D eigenvalue weighted by Crippen LogP contribution is -2.17. The highest BCUT2D eigenvalue weighted by atomic mass is 79.9. The van der Waals surface area contributed by atoms with E-state index in [0.29, 0.717) is 16.7 Å². The summed E-state index contributed by atoms with van der Waals surface area (Å²) in [4.78, 5) is 4.65. The first-order chi connectivity index (χ1) is 14.1. The molecule has 3 aromatic rings. The molecule has 1 aliphatic heterocycles. The molecule has 1 aromatic heterocycles. The lowest BCUT2D eigenvalue weighted by molar-refractivity contribution is 0.225. The standard InChI is InChI=1S/C21H21BrN4O2S/c1-2-3-4-10-29-21-24-20-18(25-26-21)16-12-14(22)8-9-17(16)23-19(28-20)13-6-5-7-15(27)11-13/h5-9,11-12,19,23,27H,2-4,10H2,1H3/t19-/m0/s1. The molecule has 0 aliphatic carbocycles. The second-order valence-corrected chi connectivity index (χ2v) is 8.71. The van der Waals surface area contributed by atoms with Crippen molar-refractivity contribution in [3.63, 3.8) is 0 Å². The summed E-state index contributed by atoms with van der Waals surface area (Å²) in [6.07, 6.45) is 2.96. The van der Waals surface area contributed by atoms with Gasteiger partial charge in [-0.1, -0.05) is 59.6 Å². The van der Waals surface area contributed by atoms with Crippen molar-refractivity contribution in [2.75, 3.05) is 11.1 Å². The first-order valence-corrected chi connectivity index (χ1v) is 11.3. The van der Waals surface area contributed by atoms with E-state index in [2.05, 4.69) is 43.4 Å². The number of anilines is 1. The minimum atomic E-state index is -0.516. The molecule has 2 heterocycles. The lowest BCUT2D eigenvalue weighted by atomic mass is 10.1. The van der Waals surface area contributed by atoms with E-state index in [9.17, 15) is 5.11 Å². The summed E-state index contributed by atoms with van der Waals surface area (Å²) in [6.45, 7) is 2.18. The van der Waals surface area contributed by atoms with Gasteiger partial charge in [-0.25, -0.2) is 0 Å². The number of aromatic nitrogens is 3. The predicted molar refractivity (Wildman–Crippen MR) is 118 cm³/mol. The number of unbranched alkanes of at least 4 members (excludes halogenated alkanes) is 2. The molecule has 0 saturated carbocycles. The summed E-state index contributed by atoms with van der Waals surface area (Å²) in [6, 6.07) is 12.9. The number of hydrogen-bond acceptors (Lipinski definition) is 7. The lowest BCUT2D eigenvalue weighted by Gasteiger charge is -2.19. The Kier molecular flexibility index (Phi) is 6.20. The maximum Gasteiger partial charge on any atom is 0.247 e. The maximum absolute atomic E-state index is 9.90. The number of halogens is 1. The Morgan fingerprint density at radius 3 is 2.90 bits per heavy atom. The molecule has 0 fully saturated rings. The zero-order valence-corrected chi connectivity index (χ0v) is 18.3. The number of hydrogen-bond donors (Lipinski definition) is 2. The van der Waals surface area contributed by atoms with Crippen molar-refractivity contribution in [3.8, 4) is 22.9 Å². The van der Waals surface area contributed by atoms with Gasteiger partial charge in [0.05, 0.1) is 0 Å². The van der Waals surface area contributed by atoms with Crippen LogP contribution >= 0.6 is 27.7 Å². The summed E-state index contributed by atoms with van der Waals surface area (Å²) >= 11 is 5.12. The van der Waals surface area contributed by atoms with Crippen molar-refractivity contribution in [1.29, 1.82) is 0 Å². The van der Waals surface area contributed by atoms with Crippen molar-refractivity contribution in [2.45, 2.75) is 37.6 Å². The Labute approximate surface area is 182 Å². The average Bonchev–Trinajstić information content (AvgIpc) is 2.87. The van der Waals surface area contributed by atoms with Gasteiger partial charge in [-0.3, -0.25) is 0 Å². The molecule has 1 aliphatic rings. The van der Waals surface area contributed by atoms with E-state index in [4.69, 9.17) is 4.74 Å². The largest absolute Gasteiger partial charge is 0.508 e. The van der Waals surface area contributed by atoms with Crippen LogP contribution in [0.4, 0.5) is 5.69 Å². The molecular weight excluding hydrogens is 452 g/mol. The van der Waals surface area contributed by atoms with Gasteiger partial charge in [0.2, 0.25) is 11.0 Å². The molecule has 0 spiro atoms. The van der Waals surface area contributed by atoms with Gasteiger partial charge in [0.15, 0.2) is 11.9 Å². The van der Waals surface area contributed by atoms with Crippen LogP contribution in [0.3, 0.4) is 0 Å². The van der Waals surface area contributed by atoms with Crippen LogP contribution in [0.15, 0.2) is 52.1 Å². The SMILES string of the molecule is CCCCCSc1nnc2c(n1)O[C@@H](c1cccc(O)c1)Nc1ccc(Br)cc1-2. The van der Waals surface area contributed by atoms with Crippen LogP contribution in [0.25, 0.3) is 11.3 Å². The zero-order valence-electron chi connectivity index (χ0n) is 15.9. The van der Waals surface area contributed by atoms with E-state index in [1.165, 1.54) is 12.8 Å². The van der Waals surface area contributed by atoms with Gasteiger partial charge >= 0.3 is 0 Å². The predicted octanol–water partition coefficient (Wildman–Crippen LogP) is 5.79. The number of rotatable bonds is 6. The molecule has 0 bridgehead atoms. The molecule has 0 unspecified atom stereocenters. The van der Waals surface area contributed by atoms with E-state index in [1.54, 1.807) is 30.0 Å². The number of benzene rings is 2. The van der Waals surface area contributed by atoms with Gasteiger partial charge in [0, 0.05) is 27.0 Å². The summed E-state index contributed by atoms with van der Waals surface area (Å²) in [7, 11) is 0. The van der Waals surface area contributed by atoms with Crippen molar-refractivity contribution >= 4 is 33.4 Å². The van der Waals surface area contributed by atoms with Gasteiger partial charge in [-0.05, 0) is 36.8 Å². The summed E-state index contributed by atoms with van der Waals surface area (Å²) < 4.78 is 7.15. The number of thioether (sulfide) groups is 1. The molecular formula is C21H21BrN4O2S. The third-order valence-electron chi connectivity index (χ3n) is 4.54. The van der Waals surface area contributed by atoms with Crippen LogP contribution in [0.2, 0.25) is 0 Å². The van der Waals surface area contributed by atoms with E-state index in [0.717, 1.165) is 33.5 Å². The molecule has 2 N–H and O–H groups in total. The van der Waals surface area contributed by atoms with Gasteiger partial charge in [0.1, 0.15) is 5.75 Å². The van der Waals surface area contributed by atoms with E-state index >= 15 is 0 Å². The Morgan fingerprint density at radius 2 is 2.07 bits per heavy atom. The molecule has 0 saturated heterocycles. The fraction of sp³-hybridized carbons (Fsp3) is 0.286. The molecule has 6 nitrogen and oxygen atoms in total. The topological polar surface area (TPSA) is 80.2 Å². The Hall–Kier alpha value is -2.32. The number of aromatic hydroxyl groups is 1. The third-order valence-corrected chi connectivity index (χ3v) is 5.96. The Bertz CT molecular complexity index is 1020. The maximum atomic E-state index is 9.90. The van der Waals surface area contributed by atoms with Gasteiger partial charge in [-0.15, -0.1) is 10.2 Å². The third kappa shape index (κ3) is 4.64. The smallest absolute Gasteiger partial charge is 0.247 e. The number of nitrogens with one attached hydrogen (secondary N) is 1. The van der Waals surface area contributed by atoms with Crippen LogP contribution in [0.5, 0.6) is 11.6 Å². The molecule has 1 atom stereocenters. The quantitative estimate of drug-likeness (QED) is 0.346. The van der Waals surface area contributed by atoms with Crippen molar-refractivity contribution in [3.05, 3.63) is 52.5 Å². The van der Waals surface area contributed by atoms with Crippen LogP contribution in [-0.2, 0) is 0 Å². The van der Waals surface area contributed by atoms with E-state index in [-0.39, 0.29) is 5.75 Å². The zero-order chi connectivity index (χ0) is 20.2. The molecule has 8 heteroatoms. The second kappa shape index (κ2) is 9.00. The highest BCUT2D eigenvalue weighted by Gasteiger charge is 2.26. The van der Waals surface area contributed by atoms with Crippen LogP contribution in [0, 0.1) is 0 Å². The Morgan fingerprint density at radius 1 is 1.17 bits per heavy atom. The van der Waals surface area contributed by atoms with Crippen LogP contribution in [0.1, 0.15) is 38.0 Å². The average molecular weight is 473 g/mol. The molecule has 2 aromatic carbocycles. The fourth-order valence-electron chi connectivity index (χ4n) is 3.09. The molecule has 29 heavy (non-hydrogen) atoms. The van der Waals surface area contributed by atoms with Crippen molar-refractivity contribution < 1.29 is 9.84 Å². The molecule has 4 rings (SSSR count). The number of phenolic OH excluding ortho intramolecular Hbond substituents is 1. The van der Waals surface area contributed by atoms with Crippen LogP contribution < -0.4 is 10.1 Å². The van der Waals surface area contributed by atoms with Gasteiger partial charge in [0.25, 0.3) is 0 Å². The normalized spacial score (nSPS) is 14.9. The summed E-state index contributed by atoms with van der Waals surface area (Å²) in [5, 5.41) is 22.6. The highest BCUT2D eigenvalue weighted by Crippen LogP contribution is 2.41. The number of ether oxygens (including phenoxy) is 1. The number of phenols is 1. The Balaban J connectivity index is 1.72. The minimum absolute atomic E-state index is 0.182. The fourth-order valence-corrected chi connectivity index (χ4v) is 4.22. The van der Waals surface area contributed by atoms with Gasteiger partial charge in [-0.2, -0.15) is 4.98 Å². The number of fused-ring (bicyclic) bond motifs is 3. The van der Waals surface area contributed by atoms with Gasteiger partial charge < -0.3 is 15.2 Å². The van der Waals surface area contributed by atoms with E-state index in [1.807, 2.05) is 24.3 Å². The highest BCUT2D eigenvalue weighted by molar-refractivity contribution is 9.10. The van der Waals surface area contributed by atoms with Crippen molar-refractivity contribution in [1.82, 2.24) is 15.2 Å². The molecule has 150 valence electrons. The molecule has 0 amide bonds. The first kappa shape index (κ1) is 20.0. The van der Waals surface area contributed by atoms with Crippen molar-refractivity contribution in [2.24, 2.45) is 0 Å². The summed E-state index contributed by atoms with van der Waals surface area (Å²) in [5.74, 6) is 1.56. The number of nitrogens with zero attached hydrogens (tertiary/aromatic N) is 3. The molecule has 0 radical (unpaired) electrons. The minimum Gasteiger partial charge on any atom is -0.508 e. The monoisotopic (exact) mass is 472 g/mol. The summed E-state index contributed by atoms with van der Waals surface area (Å²) in [5.41, 5.74) is 3.11. The first-order valence-electron chi connectivity index (χ1n) is 9.53. The van der Waals surface area contributed by atoms with Crippen LogP contribution in [-0.4, -0.2) is 26.0 Å². The second-order valence-electron chi connectivity index (χ2n) is 6.73.